The van der Waals surface area contributed by atoms with Gasteiger partial charge in [-0.25, -0.2) is 0 Å². The third-order valence-electron chi connectivity index (χ3n) is 5.39. The lowest BCUT2D eigenvalue weighted by atomic mass is 10.1. The minimum Gasteiger partial charge on any atom is -0.405 e. The van der Waals surface area contributed by atoms with Crippen molar-refractivity contribution in [3.63, 3.8) is 0 Å². The van der Waals surface area contributed by atoms with Gasteiger partial charge in [-0.2, -0.15) is 0 Å². The third-order valence-corrected chi connectivity index (χ3v) is 5.39. The van der Waals surface area contributed by atoms with Crippen molar-refractivity contribution in [3.05, 3.63) is 95.6 Å². The van der Waals surface area contributed by atoms with Crippen molar-refractivity contribution < 1.29 is 27.5 Å². The molecule has 0 heterocycles. The molecule has 0 saturated carbocycles. The normalized spacial score (nSPS) is 12.2. The molecule has 0 aliphatic rings. The summed E-state index contributed by atoms with van der Waals surface area (Å²) in [7, 11) is 1.76. The van der Waals surface area contributed by atoms with Crippen molar-refractivity contribution >= 4 is 17.5 Å². The Balaban J connectivity index is 1.57. The van der Waals surface area contributed by atoms with E-state index in [1.165, 1.54) is 18.2 Å². The molecule has 1 unspecified atom stereocenters. The fraction of sp³-hybridized carbons (Fsp3) is 0.231. The first-order valence-electron chi connectivity index (χ1n) is 10.9. The van der Waals surface area contributed by atoms with Crippen molar-refractivity contribution in [1.82, 2.24) is 10.2 Å². The Kier molecular flexibility index (Phi) is 8.48. The van der Waals surface area contributed by atoms with Gasteiger partial charge in [0.1, 0.15) is 5.75 Å². The van der Waals surface area contributed by atoms with Crippen molar-refractivity contribution in [2.75, 3.05) is 18.9 Å². The summed E-state index contributed by atoms with van der Waals surface area (Å²) in [5.41, 5.74) is 2.27. The number of halogens is 3. The molecular formula is C26H26F3N3O3. The predicted octanol–water partition coefficient (Wildman–Crippen LogP) is 5.15. The number of hydrogen-bond acceptors (Lipinski definition) is 4. The lowest BCUT2D eigenvalue weighted by molar-refractivity contribution is -0.274. The van der Waals surface area contributed by atoms with Gasteiger partial charge in [0.05, 0.1) is 6.54 Å². The van der Waals surface area contributed by atoms with Crippen LogP contribution in [-0.2, 0) is 11.3 Å². The monoisotopic (exact) mass is 485 g/mol. The predicted molar refractivity (Wildman–Crippen MR) is 127 cm³/mol. The number of nitrogens with one attached hydrogen (secondary N) is 2. The Morgan fingerprint density at radius 3 is 2.37 bits per heavy atom. The molecule has 0 spiro atoms. The van der Waals surface area contributed by atoms with Gasteiger partial charge < -0.3 is 15.4 Å². The van der Waals surface area contributed by atoms with Crippen LogP contribution in [0.2, 0.25) is 0 Å². The smallest absolute Gasteiger partial charge is 0.405 e. The van der Waals surface area contributed by atoms with E-state index >= 15 is 0 Å². The minimum absolute atomic E-state index is 0.0179. The number of rotatable bonds is 9. The highest BCUT2D eigenvalue weighted by atomic mass is 19.4. The summed E-state index contributed by atoms with van der Waals surface area (Å²) in [5.74, 6) is -0.927. The molecule has 35 heavy (non-hydrogen) atoms. The molecule has 0 aromatic heterocycles. The van der Waals surface area contributed by atoms with Crippen LogP contribution in [0.4, 0.5) is 18.9 Å². The van der Waals surface area contributed by atoms with Gasteiger partial charge >= 0.3 is 6.36 Å². The number of likely N-dealkylation sites (N-methyl/N-ethyl adjacent to an activating group) is 1. The molecule has 0 radical (unpaired) electrons. The molecule has 0 aliphatic heterocycles. The summed E-state index contributed by atoms with van der Waals surface area (Å²) >= 11 is 0. The SMILES string of the molecule is CC(c1cccc(NC(=O)c2ccccc2)c1)N(C)CC(=O)NCc1ccccc1OC(F)(F)F. The maximum Gasteiger partial charge on any atom is 0.573 e. The van der Waals surface area contributed by atoms with Gasteiger partial charge in [0.25, 0.3) is 5.91 Å². The molecule has 6 nitrogen and oxygen atoms in total. The highest BCUT2D eigenvalue weighted by molar-refractivity contribution is 6.04. The average Bonchev–Trinajstić information content (AvgIpc) is 2.82. The van der Waals surface area contributed by atoms with Crippen molar-refractivity contribution in [1.29, 1.82) is 0 Å². The van der Waals surface area contributed by atoms with Crippen LogP contribution in [-0.4, -0.2) is 36.7 Å². The van der Waals surface area contributed by atoms with Crippen LogP contribution in [0.25, 0.3) is 0 Å². The first-order chi connectivity index (χ1) is 16.6. The molecule has 0 bridgehead atoms. The van der Waals surface area contributed by atoms with Crippen LogP contribution in [0, 0.1) is 0 Å². The van der Waals surface area contributed by atoms with Crippen LogP contribution in [0.15, 0.2) is 78.9 Å². The number of benzene rings is 3. The van der Waals surface area contributed by atoms with Crippen LogP contribution in [0.1, 0.15) is 34.5 Å². The molecule has 3 rings (SSSR count). The van der Waals surface area contributed by atoms with Gasteiger partial charge in [-0.3, -0.25) is 14.5 Å². The largest absolute Gasteiger partial charge is 0.573 e. The molecule has 2 amide bonds. The van der Waals surface area contributed by atoms with E-state index in [4.69, 9.17) is 0 Å². The highest BCUT2D eigenvalue weighted by Gasteiger charge is 2.32. The Hall–Kier alpha value is -3.85. The summed E-state index contributed by atoms with van der Waals surface area (Å²) in [4.78, 5) is 26.7. The quantitative estimate of drug-likeness (QED) is 0.440. The lowest BCUT2D eigenvalue weighted by Gasteiger charge is -2.25. The molecule has 0 saturated heterocycles. The van der Waals surface area contributed by atoms with E-state index in [9.17, 15) is 22.8 Å². The number of carbonyl (C=O) groups excluding carboxylic acids is 2. The molecule has 2 N–H and O–H groups in total. The first kappa shape index (κ1) is 25.8. The topological polar surface area (TPSA) is 70.7 Å². The van der Waals surface area contributed by atoms with Crippen molar-refractivity contribution in [2.45, 2.75) is 25.9 Å². The number of amides is 2. The van der Waals surface area contributed by atoms with E-state index in [2.05, 4.69) is 15.4 Å². The Labute approximate surface area is 201 Å². The fourth-order valence-corrected chi connectivity index (χ4v) is 3.41. The molecule has 0 fully saturated rings. The van der Waals surface area contributed by atoms with Gasteiger partial charge in [-0.1, -0.05) is 48.5 Å². The number of hydrogen-bond donors (Lipinski definition) is 2. The standard InChI is InChI=1S/C26H26F3N3O3/c1-18(20-12-8-13-22(15-20)31-25(34)19-9-4-3-5-10-19)32(2)17-24(33)30-16-21-11-6-7-14-23(21)35-26(27,28)29/h3-15,18H,16-17H2,1-2H3,(H,30,33)(H,31,34). The van der Waals surface area contributed by atoms with Gasteiger partial charge in [-0.15, -0.1) is 13.2 Å². The molecule has 0 aliphatic carbocycles. The van der Waals surface area contributed by atoms with Crippen molar-refractivity contribution in [3.8, 4) is 5.75 Å². The Morgan fingerprint density at radius 1 is 0.971 bits per heavy atom. The van der Waals surface area contributed by atoms with Crippen LogP contribution in [0.5, 0.6) is 5.75 Å². The van der Waals surface area contributed by atoms with Crippen LogP contribution in [0.3, 0.4) is 0 Å². The third kappa shape index (κ3) is 7.86. The summed E-state index contributed by atoms with van der Waals surface area (Å²) < 4.78 is 41.8. The molecule has 1 atom stereocenters. The molecule has 9 heteroatoms. The average molecular weight is 486 g/mol. The number of para-hydroxylation sites is 1. The molecule has 3 aromatic rings. The Morgan fingerprint density at radius 2 is 1.66 bits per heavy atom. The van der Waals surface area contributed by atoms with E-state index in [1.54, 1.807) is 48.3 Å². The zero-order valence-electron chi connectivity index (χ0n) is 19.3. The number of anilines is 1. The second-order valence-electron chi connectivity index (χ2n) is 7.97. The van der Waals surface area contributed by atoms with Gasteiger partial charge in [0.15, 0.2) is 0 Å². The number of carbonyl (C=O) groups is 2. The Bertz CT molecular complexity index is 1150. The van der Waals surface area contributed by atoms with E-state index in [0.29, 0.717) is 11.3 Å². The van der Waals surface area contributed by atoms with E-state index < -0.39 is 6.36 Å². The van der Waals surface area contributed by atoms with Crippen molar-refractivity contribution in [2.24, 2.45) is 0 Å². The van der Waals surface area contributed by atoms with Gasteiger partial charge in [0, 0.05) is 29.4 Å². The number of alkyl halides is 3. The maximum absolute atomic E-state index is 12.6. The van der Waals surface area contributed by atoms with Crippen LogP contribution >= 0.6 is 0 Å². The second kappa shape index (κ2) is 11.5. The summed E-state index contributed by atoms with van der Waals surface area (Å²) in [6.45, 7) is 1.83. The second-order valence-corrected chi connectivity index (χ2v) is 7.97. The molecule has 3 aromatic carbocycles. The number of ether oxygens (including phenoxy) is 1. The van der Waals surface area contributed by atoms with Crippen LogP contribution < -0.4 is 15.4 Å². The highest BCUT2D eigenvalue weighted by Crippen LogP contribution is 2.26. The lowest BCUT2D eigenvalue weighted by Crippen LogP contribution is -2.36. The first-order valence-corrected chi connectivity index (χ1v) is 10.9. The van der Waals surface area contributed by atoms with Gasteiger partial charge in [0.2, 0.25) is 5.91 Å². The summed E-state index contributed by atoms with van der Waals surface area (Å²) in [5, 5.41) is 5.50. The number of nitrogens with zero attached hydrogens (tertiary/aromatic N) is 1. The summed E-state index contributed by atoms with van der Waals surface area (Å²) in [6.07, 6.45) is -4.81. The maximum atomic E-state index is 12.6. The van der Waals surface area contributed by atoms with E-state index in [-0.39, 0.29) is 42.3 Å². The molecule has 184 valence electrons. The fourth-order valence-electron chi connectivity index (χ4n) is 3.41. The van der Waals surface area contributed by atoms with Gasteiger partial charge in [-0.05, 0) is 49.9 Å². The zero-order chi connectivity index (χ0) is 25.4. The zero-order valence-corrected chi connectivity index (χ0v) is 19.3. The van der Waals surface area contributed by atoms with E-state index in [0.717, 1.165) is 5.56 Å². The minimum atomic E-state index is -4.81. The molecular weight excluding hydrogens is 459 g/mol. The van der Waals surface area contributed by atoms with E-state index in [1.807, 2.05) is 31.2 Å². The summed E-state index contributed by atoms with van der Waals surface area (Å²) in [6, 6.07) is 21.7.